The standard InChI is InChI=1S/C28H36N2O6/c1-6-14-29(22-18(4)10-9-11-19(22)5)25(33)23-28-13-12-27(8-3,36-28)21(26(34)35-17-7-2)20(28)24(32)30(23)15-16-31/h6-7,9-11,20-21,23,31H,1-2,8,12-17H2,3-5H3/t20-,21+,23?,27-,28?/m0/s1. The van der Waals surface area contributed by atoms with E-state index in [1.54, 1.807) is 11.0 Å². The van der Waals surface area contributed by atoms with Crippen molar-refractivity contribution in [3.05, 3.63) is 54.6 Å². The number of esters is 1. The molecule has 36 heavy (non-hydrogen) atoms. The summed E-state index contributed by atoms with van der Waals surface area (Å²) in [5.74, 6) is -2.84. The number of ether oxygens (including phenoxy) is 2. The van der Waals surface area contributed by atoms with Crippen LogP contribution in [0.25, 0.3) is 0 Å². The van der Waals surface area contributed by atoms with Gasteiger partial charge < -0.3 is 24.4 Å². The molecule has 3 fully saturated rings. The zero-order valence-electron chi connectivity index (χ0n) is 21.4. The summed E-state index contributed by atoms with van der Waals surface area (Å²) >= 11 is 0. The molecule has 1 aromatic rings. The monoisotopic (exact) mass is 496 g/mol. The Labute approximate surface area is 212 Å². The number of β-amino-alcohol motifs (C(OH)–C–C–N with tert-alkyl or cyclic N) is 1. The fourth-order valence-electron chi connectivity index (χ4n) is 6.73. The van der Waals surface area contributed by atoms with Crippen LogP contribution in [-0.2, 0) is 23.9 Å². The Hall–Kier alpha value is -2.97. The van der Waals surface area contributed by atoms with Gasteiger partial charge in [0.1, 0.15) is 24.2 Å². The molecule has 3 saturated heterocycles. The van der Waals surface area contributed by atoms with E-state index in [9.17, 15) is 19.5 Å². The molecule has 8 nitrogen and oxygen atoms in total. The van der Waals surface area contributed by atoms with Gasteiger partial charge in [-0.05, 0) is 44.2 Å². The quantitative estimate of drug-likeness (QED) is 0.395. The molecule has 1 N–H and O–H groups in total. The number of carbonyl (C=O) groups is 3. The Bertz CT molecular complexity index is 1070. The van der Waals surface area contributed by atoms with Crippen LogP contribution in [0, 0.1) is 25.7 Å². The fourth-order valence-corrected chi connectivity index (χ4v) is 6.73. The van der Waals surface area contributed by atoms with Gasteiger partial charge in [-0.3, -0.25) is 14.4 Å². The highest BCUT2D eigenvalue weighted by Crippen LogP contribution is 2.64. The molecule has 0 radical (unpaired) electrons. The Morgan fingerprint density at radius 1 is 1.25 bits per heavy atom. The number of anilines is 1. The molecule has 5 atom stereocenters. The third-order valence-corrected chi connectivity index (χ3v) is 8.14. The van der Waals surface area contributed by atoms with Crippen LogP contribution in [0.15, 0.2) is 43.5 Å². The maximum Gasteiger partial charge on any atom is 0.313 e. The lowest BCUT2D eigenvalue weighted by Crippen LogP contribution is -2.57. The maximum absolute atomic E-state index is 14.4. The van der Waals surface area contributed by atoms with Crippen molar-refractivity contribution in [2.24, 2.45) is 11.8 Å². The second kappa shape index (κ2) is 9.82. The number of nitrogens with zero attached hydrogens (tertiary/aromatic N) is 2. The molecular formula is C28H36N2O6. The number of fused-ring (bicyclic) bond motifs is 1. The summed E-state index contributed by atoms with van der Waals surface area (Å²) in [6, 6.07) is 4.83. The average molecular weight is 497 g/mol. The third kappa shape index (κ3) is 3.69. The molecule has 8 heteroatoms. The number of hydrogen-bond donors (Lipinski definition) is 1. The molecule has 0 saturated carbocycles. The van der Waals surface area contributed by atoms with E-state index in [-0.39, 0.29) is 38.1 Å². The van der Waals surface area contributed by atoms with Crippen molar-refractivity contribution in [1.82, 2.24) is 4.90 Å². The van der Waals surface area contributed by atoms with E-state index in [2.05, 4.69) is 13.2 Å². The topological polar surface area (TPSA) is 96.4 Å². The van der Waals surface area contributed by atoms with Gasteiger partial charge in [0.05, 0.1) is 18.1 Å². The van der Waals surface area contributed by atoms with E-state index in [0.717, 1.165) is 16.8 Å². The summed E-state index contributed by atoms with van der Waals surface area (Å²) in [5, 5.41) is 9.83. The summed E-state index contributed by atoms with van der Waals surface area (Å²) in [6.07, 6.45) is 4.67. The number of carbonyl (C=O) groups excluding carboxylic acids is 3. The summed E-state index contributed by atoms with van der Waals surface area (Å²) in [7, 11) is 0. The predicted molar refractivity (Wildman–Crippen MR) is 135 cm³/mol. The minimum absolute atomic E-state index is 0.0287. The summed E-state index contributed by atoms with van der Waals surface area (Å²) in [5.41, 5.74) is 0.560. The van der Waals surface area contributed by atoms with E-state index < -0.39 is 35.0 Å². The van der Waals surface area contributed by atoms with Crippen LogP contribution in [0.2, 0.25) is 0 Å². The number of likely N-dealkylation sites (tertiary alicyclic amines) is 1. The number of aryl methyl sites for hydroxylation is 2. The van der Waals surface area contributed by atoms with E-state index in [0.29, 0.717) is 19.3 Å². The van der Waals surface area contributed by atoms with Gasteiger partial charge in [0, 0.05) is 18.8 Å². The number of benzene rings is 1. The van der Waals surface area contributed by atoms with Crippen LogP contribution >= 0.6 is 0 Å². The van der Waals surface area contributed by atoms with Crippen LogP contribution < -0.4 is 4.90 Å². The number of amides is 2. The van der Waals surface area contributed by atoms with Gasteiger partial charge in [-0.1, -0.05) is 43.9 Å². The van der Waals surface area contributed by atoms with Gasteiger partial charge in [-0.2, -0.15) is 0 Å². The van der Waals surface area contributed by atoms with Crippen molar-refractivity contribution >= 4 is 23.5 Å². The Morgan fingerprint density at radius 2 is 1.94 bits per heavy atom. The van der Waals surface area contributed by atoms with E-state index in [4.69, 9.17) is 9.47 Å². The highest BCUT2D eigenvalue weighted by molar-refractivity contribution is 6.05. The van der Waals surface area contributed by atoms with Gasteiger partial charge in [0.15, 0.2) is 0 Å². The molecule has 3 heterocycles. The van der Waals surface area contributed by atoms with Crippen LogP contribution in [0.4, 0.5) is 5.69 Å². The number of aliphatic hydroxyl groups excluding tert-OH is 1. The maximum atomic E-state index is 14.4. The van der Waals surface area contributed by atoms with Crippen LogP contribution in [-0.4, -0.2) is 71.3 Å². The van der Waals surface area contributed by atoms with E-state index in [1.807, 2.05) is 39.0 Å². The zero-order valence-corrected chi connectivity index (χ0v) is 21.4. The largest absolute Gasteiger partial charge is 0.461 e. The molecule has 194 valence electrons. The van der Waals surface area contributed by atoms with Crippen LogP contribution in [0.1, 0.15) is 37.3 Å². The number of para-hydroxylation sites is 1. The van der Waals surface area contributed by atoms with Crippen molar-refractivity contribution < 1.29 is 29.0 Å². The summed E-state index contributed by atoms with van der Waals surface area (Å²) < 4.78 is 12.1. The summed E-state index contributed by atoms with van der Waals surface area (Å²) in [6.45, 7) is 13.2. The lowest BCUT2D eigenvalue weighted by molar-refractivity contribution is -0.160. The second-order valence-electron chi connectivity index (χ2n) is 9.99. The van der Waals surface area contributed by atoms with Crippen LogP contribution in [0.5, 0.6) is 0 Å². The minimum Gasteiger partial charge on any atom is -0.461 e. The van der Waals surface area contributed by atoms with Gasteiger partial charge in [0.2, 0.25) is 5.91 Å². The first-order valence-corrected chi connectivity index (χ1v) is 12.6. The van der Waals surface area contributed by atoms with E-state index >= 15 is 0 Å². The molecule has 2 amide bonds. The molecular weight excluding hydrogens is 460 g/mol. The van der Waals surface area contributed by atoms with Crippen molar-refractivity contribution in [2.45, 2.75) is 57.3 Å². The average Bonchev–Trinajstić information content (AvgIpc) is 3.45. The van der Waals surface area contributed by atoms with Crippen molar-refractivity contribution in [1.29, 1.82) is 0 Å². The van der Waals surface area contributed by atoms with Gasteiger partial charge in [-0.25, -0.2) is 0 Å². The molecule has 2 bridgehead atoms. The fraction of sp³-hybridized carbons (Fsp3) is 0.536. The Balaban J connectivity index is 1.83. The molecule has 0 aromatic heterocycles. The number of rotatable bonds is 10. The lowest BCUT2D eigenvalue weighted by Gasteiger charge is -2.37. The third-order valence-electron chi connectivity index (χ3n) is 8.14. The zero-order chi connectivity index (χ0) is 26.3. The predicted octanol–water partition coefficient (Wildman–Crippen LogP) is 2.70. The first kappa shape index (κ1) is 26.1. The summed E-state index contributed by atoms with van der Waals surface area (Å²) in [4.78, 5) is 44.6. The highest BCUT2D eigenvalue weighted by Gasteiger charge is 2.79. The molecule has 2 unspecified atom stereocenters. The lowest BCUT2D eigenvalue weighted by atomic mass is 9.65. The molecule has 1 spiro atoms. The number of aliphatic hydroxyl groups is 1. The number of hydrogen-bond acceptors (Lipinski definition) is 6. The first-order chi connectivity index (χ1) is 17.2. The highest BCUT2D eigenvalue weighted by atomic mass is 16.6. The minimum atomic E-state index is -1.17. The van der Waals surface area contributed by atoms with E-state index in [1.165, 1.54) is 11.0 Å². The van der Waals surface area contributed by atoms with Gasteiger partial charge >= 0.3 is 5.97 Å². The van der Waals surface area contributed by atoms with Crippen molar-refractivity contribution in [3.63, 3.8) is 0 Å². The Morgan fingerprint density at radius 3 is 2.53 bits per heavy atom. The molecule has 0 aliphatic carbocycles. The van der Waals surface area contributed by atoms with Crippen molar-refractivity contribution in [3.8, 4) is 0 Å². The van der Waals surface area contributed by atoms with Crippen LogP contribution in [0.3, 0.4) is 0 Å². The molecule has 4 rings (SSSR count). The van der Waals surface area contributed by atoms with Crippen molar-refractivity contribution in [2.75, 3.05) is 31.2 Å². The second-order valence-corrected chi connectivity index (χ2v) is 9.99. The smallest absolute Gasteiger partial charge is 0.313 e. The molecule has 1 aromatic carbocycles. The molecule has 3 aliphatic heterocycles. The normalized spacial score (nSPS) is 30.3. The van der Waals surface area contributed by atoms with Gasteiger partial charge in [-0.15, -0.1) is 6.58 Å². The Kier molecular flexibility index (Phi) is 7.12. The SMILES string of the molecule is C=CCOC(=O)[C@H]1[C@H]2C(=O)N(CCO)C(C(=O)N(CC=C)c3c(C)cccc3C)C23CC[C@]1(CC)O3. The molecule has 3 aliphatic rings. The first-order valence-electron chi connectivity index (χ1n) is 12.6. The van der Waals surface area contributed by atoms with Gasteiger partial charge in [0.25, 0.3) is 5.91 Å².